The highest BCUT2D eigenvalue weighted by molar-refractivity contribution is 5.97. The highest BCUT2D eigenvalue weighted by atomic mass is 16.5. The van der Waals surface area contributed by atoms with E-state index in [1.165, 1.54) is 39.7 Å². The Bertz CT molecular complexity index is 873. The minimum atomic E-state index is -0.482. The van der Waals surface area contributed by atoms with Crippen LogP contribution in [0.4, 0.5) is 0 Å². The average Bonchev–Trinajstić information content (AvgIpc) is 2.76. The van der Waals surface area contributed by atoms with Crippen LogP contribution >= 0.6 is 0 Å². The van der Waals surface area contributed by atoms with Crippen molar-refractivity contribution in [1.29, 1.82) is 0 Å². The first-order valence-electron chi connectivity index (χ1n) is 8.56. The first-order valence-corrected chi connectivity index (χ1v) is 8.56. The second-order valence-electron chi connectivity index (χ2n) is 5.67. The van der Waals surface area contributed by atoms with Gasteiger partial charge in [-0.3, -0.25) is 9.59 Å². The zero-order valence-electron chi connectivity index (χ0n) is 16.6. The number of nitrogens with zero attached hydrogens (tertiary/aromatic N) is 1. The number of benzene rings is 2. The van der Waals surface area contributed by atoms with Gasteiger partial charge in [0.1, 0.15) is 5.75 Å². The summed E-state index contributed by atoms with van der Waals surface area (Å²) in [5, 5.41) is 6.37. The van der Waals surface area contributed by atoms with E-state index < -0.39 is 11.8 Å². The molecule has 2 amide bonds. The summed E-state index contributed by atoms with van der Waals surface area (Å²) in [5.74, 6) is 0.767. The van der Waals surface area contributed by atoms with Crippen molar-refractivity contribution in [2.24, 2.45) is 5.10 Å². The van der Waals surface area contributed by atoms with E-state index in [9.17, 15) is 9.59 Å². The molecule has 0 radical (unpaired) electrons. The van der Waals surface area contributed by atoms with Crippen molar-refractivity contribution in [3.63, 3.8) is 0 Å². The van der Waals surface area contributed by atoms with E-state index in [2.05, 4.69) is 15.8 Å². The lowest BCUT2D eigenvalue weighted by Gasteiger charge is -2.14. The molecule has 0 aliphatic carbocycles. The van der Waals surface area contributed by atoms with Gasteiger partial charge in [-0.2, -0.15) is 5.10 Å². The number of rotatable bonds is 9. The van der Waals surface area contributed by atoms with Crippen LogP contribution in [0, 0.1) is 0 Å². The number of carbonyl (C=O) groups excluding carboxylic acids is 2. The highest BCUT2D eigenvalue weighted by Crippen LogP contribution is 2.38. The van der Waals surface area contributed by atoms with Crippen molar-refractivity contribution >= 4 is 18.0 Å². The molecular formula is C20H23N3O6. The Morgan fingerprint density at radius 1 is 0.966 bits per heavy atom. The summed E-state index contributed by atoms with van der Waals surface area (Å²) in [7, 11) is 5.94. The molecule has 0 heterocycles. The molecule has 0 saturated heterocycles. The fourth-order valence-corrected chi connectivity index (χ4v) is 2.41. The van der Waals surface area contributed by atoms with E-state index in [-0.39, 0.29) is 12.1 Å². The standard InChI is InChI=1S/C20H23N3O6/c1-26-15-7-5-6-13(8-15)11-22-23-18(24)12-21-20(25)14-9-16(27-2)19(29-4)17(10-14)28-3/h5-11H,12H2,1-4H3,(H,21,25)(H,23,24). The molecule has 154 valence electrons. The second-order valence-corrected chi connectivity index (χ2v) is 5.67. The van der Waals surface area contributed by atoms with E-state index in [0.717, 1.165) is 5.56 Å². The van der Waals surface area contributed by atoms with E-state index in [1.807, 2.05) is 6.07 Å². The molecule has 0 unspecified atom stereocenters. The molecule has 0 bridgehead atoms. The van der Waals surface area contributed by atoms with Crippen molar-refractivity contribution in [3.8, 4) is 23.0 Å². The van der Waals surface area contributed by atoms with E-state index in [4.69, 9.17) is 18.9 Å². The van der Waals surface area contributed by atoms with Crippen LogP contribution in [0.25, 0.3) is 0 Å². The molecule has 0 spiro atoms. The van der Waals surface area contributed by atoms with Crippen LogP contribution in [0.1, 0.15) is 15.9 Å². The third-order valence-electron chi connectivity index (χ3n) is 3.83. The maximum Gasteiger partial charge on any atom is 0.259 e. The Balaban J connectivity index is 1.94. The molecule has 2 aromatic rings. The van der Waals surface area contributed by atoms with Gasteiger partial charge in [-0.05, 0) is 29.8 Å². The number of nitrogens with one attached hydrogen (secondary N) is 2. The van der Waals surface area contributed by atoms with Gasteiger partial charge >= 0.3 is 0 Å². The number of hydrazone groups is 1. The van der Waals surface area contributed by atoms with Gasteiger partial charge in [0.25, 0.3) is 11.8 Å². The molecule has 29 heavy (non-hydrogen) atoms. The van der Waals surface area contributed by atoms with E-state index in [1.54, 1.807) is 25.3 Å². The molecule has 0 aliphatic rings. The molecule has 2 aromatic carbocycles. The van der Waals surface area contributed by atoms with Gasteiger partial charge < -0.3 is 24.3 Å². The Labute approximate surface area is 168 Å². The largest absolute Gasteiger partial charge is 0.497 e. The minimum absolute atomic E-state index is 0.257. The van der Waals surface area contributed by atoms with E-state index >= 15 is 0 Å². The molecule has 2 rings (SSSR count). The molecule has 0 aliphatic heterocycles. The Morgan fingerprint density at radius 2 is 1.66 bits per heavy atom. The van der Waals surface area contributed by atoms with Gasteiger partial charge in [-0.15, -0.1) is 0 Å². The fourth-order valence-electron chi connectivity index (χ4n) is 2.41. The quantitative estimate of drug-likeness (QED) is 0.488. The summed E-state index contributed by atoms with van der Waals surface area (Å²) >= 11 is 0. The van der Waals surface area contributed by atoms with Crippen LogP contribution in [0.2, 0.25) is 0 Å². The molecule has 9 heteroatoms. The Morgan fingerprint density at radius 3 is 2.24 bits per heavy atom. The predicted octanol–water partition coefficient (Wildman–Crippen LogP) is 1.60. The second kappa shape index (κ2) is 10.5. The van der Waals surface area contributed by atoms with E-state index in [0.29, 0.717) is 23.0 Å². The van der Waals surface area contributed by atoms with Crippen LogP contribution in [-0.2, 0) is 4.79 Å². The van der Waals surface area contributed by atoms with Gasteiger partial charge in [-0.1, -0.05) is 12.1 Å². The van der Waals surface area contributed by atoms with Crippen LogP contribution in [0.3, 0.4) is 0 Å². The predicted molar refractivity (Wildman–Crippen MR) is 107 cm³/mol. The average molecular weight is 401 g/mol. The topological polar surface area (TPSA) is 107 Å². The summed E-state index contributed by atoms with van der Waals surface area (Å²) in [6.07, 6.45) is 1.47. The Kier molecular flexibility index (Phi) is 7.84. The molecule has 0 aromatic heterocycles. The summed E-state index contributed by atoms with van der Waals surface area (Å²) in [5.41, 5.74) is 3.36. The number of amides is 2. The lowest BCUT2D eigenvalue weighted by atomic mass is 10.1. The summed E-state index contributed by atoms with van der Waals surface area (Å²) in [6.45, 7) is -0.259. The zero-order chi connectivity index (χ0) is 21.2. The maximum atomic E-state index is 12.4. The lowest BCUT2D eigenvalue weighted by molar-refractivity contribution is -0.120. The van der Waals surface area contributed by atoms with Gasteiger partial charge in [0, 0.05) is 5.56 Å². The maximum absolute atomic E-state index is 12.4. The SMILES string of the molecule is COc1cccc(C=NNC(=O)CNC(=O)c2cc(OC)c(OC)c(OC)c2)c1. The third-order valence-corrected chi connectivity index (χ3v) is 3.83. The Hall–Kier alpha value is -3.75. The summed E-state index contributed by atoms with van der Waals surface area (Å²) < 4.78 is 20.8. The minimum Gasteiger partial charge on any atom is -0.497 e. The van der Waals surface area contributed by atoms with Crippen molar-refractivity contribution in [2.75, 3.05) is 35.0 Å². The monoisotopic (exact) mass is 401 g/mol. The lowest BCUT2D eigenvalue weighted by Crippen LogP contribution is -2.34. The number of hydrogen-bond acceptors (Lipinski definition) is 7. The number of carbonyl (C=O) groups is 2. The number of ether oxygens (including phenoxy) is 4. The molecule has 0 fully saturated rings. The van der Waals surface area contributed by atoms with Crippen molar-refractivity contribution in [2.45, 2.75) is 0 Å². The van der Waals surface area contributed by atoms with Crippen LogP contribution < -0.4 is 29.7 Å². The third kappa shape index (κ3) is 5.86. The molecule has 9 nitrogen and oxygen atoms in total. The van der Waals surface area contributed by atoms with Crippen LogP contribution in [0.15, 0.2) is 41.5 Å². The fraction of sp³-hybridized carbons (Fsp3) is 0.250. The smallest absolute Gasteiger partial charge is 0.259 e. The first kappa shape index (κ1) is 21.5. The van der Waals surface area contributed by atoms with Gasteiger partial charge in [0.15, 0.2) is 11.5 Å². The summed E-state index contributed by atoms with van der Waals surface area (Å²) in [4.78, 5) is 24.3. The molecule has 0 saturated carbocycles. The zero-order valence-corrected chi connectivity index (χ0v) is 16.6. The first-order chi connectivity index (χ1) is 14.0. The van der Waals surface area contributed by atoms with Crippen LogP contribution in [-0.4, -0.2) is 53.0 Å². The van der Waals surface area contributed by atoms with Gasteiger partial charge in [0.05, 0.1) is 41.2 Å². The molecular weight excluding hydrogens is 378 g/mol. The normalized spacial score (nSPS) is 10.3. The molecule has 2 N–H and O–H groups in total. The highest BCUT2D eigenvalue weighted by Gasteiger charge is 2.17. The van der Waals surface area contributed by atoms with Gasteiger partial charge in [0.2, 0.25) is 5.75 Å². The van der Waals surface area contributed by atoms with Gasteiger partial charge in [-0.25, -0.2) is 5.43 Å². The van der Waals surface area contributed by atoms with Crippen molar-refractivity contribution in [1.82, 2.24) is 10.7 Å². The number of hydrogen-bond donors (Lipinski definition) is 2. The van der Waals surface area contributed by atoms with Crippen molar-refractivity contribution in [3.05, 3.63) is 47.5 Å². The van der Waals surface area contributed by atoms with Crippen molar-refractivity contribution < 1.29 is 28.5 Å². The molecule has 0 atom stereocenters. The van der Waals surface area contributed by atoms with Crippen LogP contribution in [0.5, 0.6) is 23.0 Å². The number of methoxy groups -OCH3 is 4. The summed E-state index contributed by atoms with van der Waals surface area (Å²) in [6, 6.07) is 10.2.